The van der Waals surface area contributed by atoms with Crippen molar-refractivity contribution in [3.8, 4) is 0 Å². The molecule has 0 heterocycles. The zero-order valence-corrected chi connectivity index (χ0v) is 13.0. The molecule has 0 fully saturated rings. The van der Waals surface area contributed by atoms with Crippen LogP contribution in [-0.2, 0) is 4.52 Å². The Morgan fingerprint density at radius 3 is 1.45 bits per heavy atom. The van der Waals surface area contributed by atoms with Crippen molar-refractivity contribution in [3.05, 3.63) is 59.7 Å². The molecule has 0 amide bonds. The first-order chi connectivity index (χ1) is 9.35. The molecular weight excluding hydrogens is 271 g/mol. The second-order valence-electron chi connectivity index (χ2n) is 5.04. The van der Waals surface area contributed by atoms with E-state index in [1.807, 2.05) is 38.1 Å². The van der Waals surface area contributed by atoms with Gasteiger partial charge in [0.25, 0.3) is 0 Å². The average Bonchev–Trinajstić information content (AvgIpc) is 2.40. The molecule has 0 saturated carbocycles. The summed E-state index contributed by atoms with van der Waals surface area (Å²) in [5.41, 5.74) is 2.13. The fourth-order valence-corrected chi connectivity index (χ4v) is 4.63. The molecule has 108 valence electrons. The van der Waals surface area contributed by atoms with E-state index in [1.165, 1.54) is 0 Å². The van der Waals surface area contributed by atoms with E-state index >= 15 is 0 Å². The molecule has 2 aromatic rings. The van der Waals surface area contributed by atoms with Crippen LogP contribution in [0.3, 0.4) is 0 Å². The van der Waals surface area contributed by atoms with E-state index in [9.17, 15) is 9.79 Å². The molecule has 0 unspecified atom stereocenters. The van der Waals surface area contributed by atoms with E-state index in [4.69, 9.17) is 4.52 Å². The topological polar surface area (TPSA) is 49.7 Å². The molecule has 2 aromatic carbocycles. The molecule has 0 aliphatic heterocycles. The van der Waals surface area contributed by atoms with E-state index < -0.39 is 7.28 Å². The third kappa shape index (κ3) is 2.63. The van der Waals surface area contributed by atoms with Crippen LogP contribution in [0, 0.1) is 13.8 Å². The molecule has 4 heteroatoms. The first-order valence-electron chi connectivity index (χ1n) is 6.67. The zero-order chi connectivity index (χ0) is 14.8. The first-order valence-corrected chi connectivity index (χ1v) is 8.73. The minimum atomic E-state index is -4.54. The van der Waals surface area contributed by atoms with Crippen LogP contribution in [0.5, 0.6) is 0 Å². The van der Waals surface area contributed by atoms with Crippen molar-refractivity contribution in [3.63, 3.8) is 0 Å². The molecule has 0 radical (unpaired) electrons. The Kier molecular flexibility index (Phi) is 3.99. The number of rotatable bonds is 4. The van der Waals surface area contributed by atoms with Gasteiger partial charge in [0.05, 0.1) is 0 Å². The number of hydrogen-bond donors (Lipinski definition) is 2. The molecular formula is C16H21O3P. The predicted octanol–water partition coefficient (Wildman–Crippen LogP) is 2.57. The van der Waals surface area contributed by atoms with Crippen LogP contribution in [0.1, 0.15) is 18.1 Å². The average molecular weight is 292 g/mol. The Bertz CT molecular complexity index is 539. The van der Waals surface area contributed by atoms with Crippen molar-refractivity contribution < 1.29 is 14.3 Å². The van der Waals surface area contributed by atoms with Crippen LogP contribution in [0.2, 0.25) is 0 Å². The molecule has 0 bridgehead atoms. The van der Waals surface area contributed by atoms with Gasteiger partial charge in [-0.25, -0.2) is 0 Å². The van der Waals surface area contributed by atoms with Crippen molar-refractivity contribution in [2.45, 2.75) is 20.8 Å². The molecule has 0 atom stereocenters. The minimum absolute atomic E-state index is 0.229. The second kappa shape index (κ2) is 5.27. The summed E-state index contributed by atoms with van der Waals surface area (Å²) in [6, 6.07) is 14.3. The summed E-state index contributed by atoms with van der Waals surface area (Å²) >= 11 is 0. The maximum absolute atomic E-state index is 11.1. The summed E-state index contributed by atoms with van der Waals surface area (Å²) in [6.45, 7) is 5.91. The van der Waals surface area contributed by atoms with Crippen LogP contribution in [0.25, 0.3) is 0 Å². The van der Waals surface area contributed by atoms with Crippen LogP contribution in [-0.4, -0.2) is 16.4 Å². The Morgan fingerprint density at radius 1 is 0.800 bits per heavy atom. The molecule has 20 heavy (non-hydrogen) atoms. The summed E-state index contributed by atoms with van der Waals surface area (Å²) in [6.07, 6.45) is 0. The van der Waals surface area contributed by atoms with Crippen molar-refractivity contribution in [2.75, 3.05) is 6.61 Å². The second-order valence-corrected chi connectivity index (χ2v) is 8.22. The van der Waals surface area contributed by atoms with Gasteiger partial charge in [-0.3, -0.25) is 0 Å². The van der Waals surface area contributed by atoms with E-state index in [2.05, 4.69) is 0 Å². The van der Waals surface area contributed by atoms with Gasteiger partial charge in [-0.2, -0.15) is 0 Å². The Hall–Kier alpha value is -1.25. The molecule has 0 aliphatic carbocycles. The molecule has 0 aromatic heterocycles. The molecule has 0 aliphatic rings. The fourth-order valence-electron chi connectivity index (χ4n) is 2.17. The maximum atomic E-state index is 11.1. The van der Waals surface area contributed by atoms with Crippen LogP contribution in [0.4, 0.5) is 0 Å². The van der Waals surface area contributed by atoms with E-state index in [-0.39, 0.29) is 6.61 Å². The quantitative estimate of drug-likeness (QED) is 0.852. The fraction of sp³-hybridized carbons (Fsp3) is 0.250. The SMILES string of the molecule is CCOP(O)(O)(c1ccc(C)cc1)c1ccc(C)cc1. The Morgan fingerprint density at radius 2 is 1.15 bits per heavy atom. The van der Waals surface area contributed by atoms with Gasteiger partial charge in [0.15, 0.2) is 0 Å². The molecule has 0 saturated heterocycles. The summed E-state index contributed by atoms with van der Waals surface area (Å²) in [7, 11) is -4.54. The van der Waals surface area contributed by atoms with Gasteiger partial charge < -0.3 is 0 Å². The van der Waals surface area contributed by atoms with Gasteiger partial charge in [0.1, 0.15) is 0 Å². The van der Waals surface area contributed by atoms with Crippen LogP contribution in [0.15, 0.2) is 48.5 Å². The van der Waals surface area contributed by atoms with Gasteiger partial charge in [-0.05, 0) is 0 Å². The standard InChI is InChI=1S/C16H21O3P/c1-4-19-20(17,18,15-9-5-13(2)6-10-15)16-11-7-14(3)8-12-16/h5-12,17-18H,4H2,1-3H3. The Balaban J connectivity index is 2.62. The third-order valence-electron chi connectivity index (χ3n) is 3.37. The van der Waals surface area contributed by atoms with Crippen molar-refractivity contribution >= 4 is 17.9 Å². The number of hydrogen-bond acceptors (Lipinski definition) is 3. The predicted molar refractivity (Wildman–Crippen MR) is 84.6 cm³/mol. The van der Waals surface area contributed by atoms with E-state index in [0.717, 1.165) is 11.1 Å². The van der Waals surface area contributed by atoms with Crippen molar-refractivity contribution in [1.82, 2.24) is 0 Å². The molecule has 3 nitrogen and oxygen atoms in total. The molecule has 2 rings (SSSR count). The van der Waals surface area contributed by atoms with Crippen LogP contribution < -0.4 is 10.6 Å². The number of benzene rings is 2. The third-order valence-corrected chi connectivity index (χ3v) is 6.58. The van der Waals surface area contributed by atoms with Gasteiger partial charge >= 0.3 is 119 Å². The summed E-state index contributed by atoms with van der Waals surface area (Å²) in [4.78, 5) is 22.1. The van der Waals surface area contributed by atoms with Gasteiger partial charge in [-0.1, -0.05) is 0 Å². The Labute approximate surface area is 120 Å². The zero-order valence-electron chi connectivity index (χ0n) is 12.1. The van der Waals surface area contributed by atoms with E-state index in [0.29, 0.717) is 10.6 Å². The van der Waals surface area contributed by atoms with Crippen molar-refractivity contribution in [1.29, 1.82) is 0 Å². The summed E-state index contributed by atoms with van der Waals surface area (Å²) in [5, 5.41) is 0.847. The first kappa shape index (κ1) is 15.1. The van der Waals surface area contributed by atoms with Crippen LogP contribution >= 0.6 is 7.28 Å². The van der Waals surface area contributed by atoms with Crippen molar-refractivity contribution in [2.24, 2.45) is 0 Å². The normalized spacial score (nSPS) is 13.8. The monoisotopic (exact) mass is 292 g/mol. The summed E-state index contributed by atoms with van der Waals surface area (Å²) in [5.74, 6) is 0. The molecule has 0 spiro atoms. The summed E-state index contributed by atoms with van der Waals surface area (Å²) < 4.78 is 5.51. The van der Waals surface area contributed by atoms with Gasteiger partial charge in [-0.15, -0.1) is 0 Å². The van der Waals surface area contributed by atoms with E-state index in [1.54, 1.807) is 31.2 Å². The molecule has 2 N–H and O–H groups in total. The van der Waals surface area contributed by atoms with Gasteiger partial charge in [0.2, 0.25) is 0 Å². The number of aryl methyl sites for hydroxylation is 2. The van der Waals surface area contributed by atoms with Gasteiger partial charge in [0, 0.05) is 0 Å².